The van der Waals surface area contributed by atoms with Gasteiger partial charge in [0.2, 0.25) is 11.8 Å². The largest absolute Gasteiger partial charge is 0.493 e. The van der Waals surface area contributed by atoms with Crippen LogP contribution in [-0.2, 0) is 16.1 Å². The smallest absolute Gasteiger partial charge is 0.247 e. The zero-order valence-corrected chi connectivity index (χ0v) is 18.8. The van der Waals surface area contributed by atoms with Crippen molar-refractivity contribution >= 4 is 18.1 Å². The number of carbonyl (C=O) groups excluding carboxylic acids is 3. The number of aliphatic hydroxyl groups excluding tert-OH is 2. The first kappa shape index (κ1) is 23.5. The van der Waals surface area contributed by atoms with Crippen LogP contribution in [-0.4, -0.2) is 71.7 Å². The summed E-state index contributed by atoms with van der Waals surface area (Å²) in [7, 11) is 1.43. The van der Waals surface area contributed by atoms with Crippen LogP contribution in [0.4, 0.5) is 0 Å². The predicted molar refractivity (Wildman–Crippen MR) is 118 cm³/mol. The van der Waals surface area contributed by atoms with Crippen molar-refractivity contribution in [2.24, 2.45) is 0 Å². The van der Waals surface area contributed by atoms with Crippen LogP contribution in [0.25, 0.3) is 0 Å². The molecule has 10 heteroatoms. The number of aldehydes is 1. The molecule has 0 bridgehead atoms. The molecule has 10 nitrogen and oxygen atoms in total. The second kappa shape index (κ2) is 9.70. The Balaban J connectivity index is 1.81. The summed E-state index contributed by atoms with van der Waals surface area (Å²) in [4.78, 5) is 38.7. The Morgan fingerprint density at radius 1 is 1.32 bits per heavy atom. The van der Waals surface area contributed by atoms with Crippen LogP contribution < -0.4 is 14.8 Å². The van der Waals surface area contributed by atoms with Crippen molar-refractivity contribution in [1.82, 2.24) is 10.2 Å². The topological polar surface area (TPSA) is 139 Å². The Morgan fingerprint density at radius 2 is 2.12 bits per heavy atom. The molecule has 0 saturated carbocycles. The molecule has 0 radical (unpaired) electrons. The molecule has 34 heavy (non-hydrogen) atoms. The number of rotatable bonds is 8. The Kier molecular flexibility index (Phi) is 6.71. The molecule has 4 rings (SSSR count). The second-order valence-electron chi connectivity index (χ2n) is 8.18. The van der Waals surface area contributed by atoms with Crippen LogP contribution in [0.2, 0.25) is 0 Å². The summed E-state index contributed by atoms with van der Waals surface area (Å²) >= 11 is 0. The Bertz CT molecular complexity index is 1110. The normalized spacial score (nSPS) is 22.6. The number of hydrogen-bond acceptors (Lipinski definition) is 8. The molecule has 0 fully saturated rings. The highest BCUT2D eigenvalue weighted by atomic mass is 16.5. The minimum absolute atomic E-state index is 0.0254. The SMILES string of the molecule is COc1cc(C=O)cc2c1O[C@@H]1[C@@H](O)[C@H](N(Cc3ccoc3)C(C)=O)C=C(C(=O)NCCO)[C@H]21. The highest BCUT2D eigenvalue weighted by Crippen LogP contribution is 2.51. The second-order valence-corrected chi connectivity index (χ2v) is 8.18. The molecule has 1 aliphatic carbocycles. The monoisotopic (exact) mass is 470 g/mol. The van der Waals surface area contributed by atoms with Crippen LogP contribution in [0.15, 0.2) is 46.8 Å². The van der Waals surface area contributed by atoms with E-state index in [9.17, 15) is 24.6 Å². The molecule has 0 spiro atoms. The molecule has 2 heterocycles. The lowest BCUT2D eigenvalue weighted by Crippen LogP contribution is -2.55. The molecule has 1 aliphatic heterocycles. The van der Waals surface area contributed by atoms with E-state index in [0.717, 1.165) is 5.56 Å². The fourth-order valence-corrected chi connectivity index (χ4v) is 4.56. The van der Waals surface area contributed by atoms with Crippen molar-refractivity contribution in [3.8, 4) is 11.5 Å². The molecular weight excluding hydrogens is 444 g/mol. The lowest BCUT2D eigenvalue weighted by atomic mass is 9.77. The highest BCUT2D eigenvalue weighted by molar-refractivity contribution is 5.96. The standard InChI is InChI=1S/C24H26N2O8/c1-13(29)26(10-14-3-6-33-12-14)18-9-17(24(31)25-4-5-27)20-16-7-15(11-28)8-19(32-2)22(16)34-23(20)21(18)30/h3,6-9,11-12,18,20-21,23,27,30H,4-5,10H2,1-2H3,(H,25,31)/t18-,20+,21+,23+/m1/s1. The van der Waals surface area contributed by atoms with Crippen LogP contribution in [0.5, 0.6) is 11.5 Å². The number of carbonyl (C=O) groups is 3. The third-order valence-electron chi connectivity index (χ3n) is 6.11. The number of nitrogens with one attached hydrogen (secondary N) is 1. The number of aliphatic hydroxyl groups is 2. The number of ether oxygens (including phenoxy) is 2. The number of furan rings is 1. The maximum Gasteiger partial charge on any atom is 0.247 e. The van der Waals surface area contributed by atoms with Gasteiger partial charge in [0, 0.05) is 42.3 Å². The Hall–Kier alpha value is -3.63. The first-order valence-electron chi connectivity index (χ1n) is 10.8. The fourth-order valence-electron chi connectivity index (χ4n) is 4.56. The van der Waals surface area contributed by atoms with Gasteiger partial charge in [0.05, 0.1) is 38.2 Å². The van der Waals surface area contributed by atoms with Crippen LogP contribution in [0.1, 0.15) is 34.3 Å². The van der Waals surface area contributed by atoms with Crippen molar-refractivity contribution < 1.29 is 38.5 Å². The molecule has 1 aromatic carbocycles. The lowest BCUT2D eigenvalue weighted by molar-refractivity contribution is -0.135. The maximum absolute atomic E-state index is 13.1. The first-order valence-corrected chi connectivity index (χ1v) is 10.8. The van der Waals surface area contributed by atoms with E-state index in [4.69, 9.17) is 13.9 Å². The maximum atomic E-state index is 13.1. The number of nitrogens with zero attached hydrogens (tertiary/aromatic N) is 1. The van der Waals surface area contributed by atoms with Gasteiger partial charge in [-0.25, -0.2) is 0 Å². The number of hydrogen-bond donors (Lipinski definition) is 3. The van der Waals surface area contributed by atoms with E-state index < -0.39 is 30.1 Å². The van der Waals surface area contributed by atoms with E-state index in [0.29, 0.717) is 28.9 Å². The summed E-state index contributed by atoms with van der Waals surface area (Å²) in [5, 5.41) is 23.2. The average molecular weight is 470 g/mol. The average Bonchev–Trinajstić information content (AvgIpc) is 3.49. The minimum atomic E-state index is -1.19. The van der Waals surface area contributed by atoms with E-state index >= 15 is 0 Å². The quantitative estimate of drug-likeness (QED) is 0.481. The van der Waals surface area contributed by atoms with Crippen molar-refractivity contribution in [2.75, 3.05) is 20.3 Å². The number of amides is 2. The van der Waals surface area contributed by atoms with Gasteiger partial charge in [-0.1, -0.05) is 0 Å². The predicted octanol–water partition coefficient (Wildman–Crippen LogP) is 0.772. The summed E-state index contributed by atoms with van der Waals surface area (Å²) in [6.45, 7) is 1.30. The molecule has 180 valence electrons. The van der Waals surface area contributed by atoms with Gasteiger partial charge < -0.3 is 34.3 Å². The van der Waals surface area contributed by atoms with Crippen LogP contribution in [0.3, 0.4) is 0 Å². The van der Waals surface area contributed by atoms with E-state index in [1.54, 1.807) is 18.2 Å². The molecule has 2 aliphatic rings. The number of benzene rings is 1. The Morgan fingerprint density at radius 3 is 2.74 bits per heavy atom. The van der Waals surface area contributed by atoms with Gasteiger partial charge in [-0.3, -0.25) is 14.4 Å². The van der Waals surface area contributed by atoms with Gasteiger partial charge in [-0.2, -0.15) is 0 Å². The van der Waals surface area contributed by atoms with Crippen molar-refractivity contribution in [3.63, 3.8) is 0 Å². The molecule has 1 aromatic heterocycles. The highest BCUT2D eigenvalue weighted by Gasteiger charge is 2.51. The Labute approximate surface area is 195 Å². The van der Waals surface area contributed by atoms with Gasteiger partial charge in [0.25, 0.3) is 0 Å². The zero-order valence-electron chi connectivity index (χ0n) is 18.8. The summed E-state index contributed by atoms with van der Waals surface area (Å²) in [5.74, 6) is -0.870. The first-order chi connectivity index (χ1) is 16.4. The summed E-state index contributed by atoms with van der Waals surface area (Å²) in [6.07, 6.45) is 3.10. The van der Waals surface area contributed by atoms with Gasteiger partial charge in [-0.15, -0.1) is 0 Å². The molecule has 2 amide bonds. The van der Waals surface area contributed by atoms with Gasteiger partial charge in [0.15, 0.2) is 11.5 Å². The molecular formula is C24H26N2O8. The van der Waals surface area contributed by atoms with Gasteiger partial charge in [-0.05, 0) is 24.3 Å². The van der Waals surface area contributed by atoms with Gasteiger partial charge >= 0.3 is 0 Å². The third kappa shape index (κ3) is 4.17. The van der Waals surface area contributed by atoms with Crippen LogP contribution in [0, 0.1) is 0 Å². The van der Waals surface area contributed by atoms with Crippen LogP contribution >= 0.6 is 0 Å². The molecule has 0 unspecified atom stereocenters. The summed E-state index contributed by atoms with van der Waals surface area (Å²) in [6, 6.07) is 3.95. The third-order valence-corrected chi connectivity index (χ3v) is 6.11. The summed E-state index contributed by atoms with van der Waals surface area (Å²) < 4.78 is 16.6. The molecule has 3 N–H and O–H groups in total. The van der Waals surface area contributed by atoms with E-state index in [1.165, 1.54) is 37.5 Å². The van der Waals surface area contributed by atoms with E-state index in [1.807, 2.05) is 0 Å². The summed E-state index contributed by atoms with van der Waals surface area (Å²) in [5.41, 5.74) is 1.84. The van der Waals surface area contributed by atoms with Crippen molar-refractivity contribution in [3.05, 3.63) is 59.1 Å². The number of methoxy groups -OCH3 is 1. The van der Waals surface area contributed by atoms with E-state index in [2.05, 4.69) is 5.32 Å². The van der Waals surface area contributed by atoms with E-state index in [-0.39, 0.29) is 31.2 Å². The van der Waals surface area contributed by atoms with Gasteiger partial charge in [0.1, 0.15) is 18.5 Å². The number of fused-ring (bicyclic) bond motifs is 3. The lowest BCUT2D eigenvalue weighted by Gasteiger charge is -2.40. The molecule has 0 saturated heterocycles. The zero-order chi connectivity index (χ0) is 24.4. The van der Waals surface area contributed by atoms with Crippen molar-refractivity contribution in [2.45, 2.75) is 37.6 Å². The van der Waals surface area contributed by atoms with Crippen molar-refractivity contribution in [1.29, 1.82) is 0 Å². The minimum Gasteiger partial charge on any atom is -0.493 e. The molecule has 2 aromatic rings. The molecule has 4 atom stereocenters. The fraction of sp³-hybridized carbons (Fsp3) is 0.375.